The Hall–Kier alpha value is -0.440. The normalized spacial score (nSPS) is 50.0. The summed E-state index contributed by atoms with van der Waals surface area (Å²) in [6.45, 7) is -1.23. The van der Waals surface area contributed by atoms with Gasteiger partial charge in [-0.25, -0.2) is 0 Å². The quantitative estimate of drug-likeness (QED) is 0.251. The minimum atomic E-state index is -1.70. The average molecular weight is 356 g/mol. The van der Waals surface area contributed by atoms with Crippen LogP contribution < -0.4 is 0 Å². The van der Waals surface area contributed by atoms with E-state index in [4.69, 9.17) is 24.1 Å². The number of ether oxygens (including phenoxy) is 4. The van der Waals surface area contributed by atoms with Gasteiger partial charge in [0.1, 0.15) is 48.8 Å². The molecule has 0 amide bonds. The zero-order valence-electron chi connectivity index (χ0n) is 13.0. The average Bonchev–Trinajstić information content (AvgIpc) is 2.58. The molecule has 0 unspecified atom stereocenters. The molecular formula is C13H24O11. The lowest BCUT2D eigenvalue weighted by Gasteiger charge is -2.45. The number of aliphatic hydroxyl groups is 7. The first-order chi connectivity index (χ1) is 11.3. The van der Waals surface area contributed by atoms with Gasteiger partial charge in [-0.1, -0.05) is 0 Å². The molecule has 24 heavy (non-hydrogen) atoms. The summed E-state index contributed by atoms with van der Waals surface area (Å²) in [5.74, 6) is 0. The second-order valence-corrected chi connectivity index (χ2v) is 5.74. The second kappa shape index (κ2) is 8.29. The molecule has 0 aromatic rings. The molecule has 0 bridgehead atoms. The van der Waals surface area contributed by atoms with Crippen molar-refractivity contribution in [3.63, 3.8) is 0 Å². The first kappa shape index (κ1) is 19.9. The summed E-state index contributed by atoms with van der Waals surface area (Å²) in [6.07, 6.45) is -14.4. The van der Waals surface area contributed by atoms with E-state index in [1.165, 1.54) is 7.11 Å². The van der Waals surface area contributed by atoms with Gasteiger partial charge in [0.2, 0.25) is 0 Å². The van der Waals surface area contributed by atoms with Crippen LogP contribution in [0, 0.1) is 0 Å². The summed E-state index contributed by atoms with van der Waals surface area (Å²) in [6, 6.07) is 0. The standard InChI is InChI=1S/C13H24O11/c1-21-12-10(20)11(7(17)5(3-15)22-12)24-13-9(19)8(18)6(16)4(2-14)23-13/h4-20H,2-3H2,1H3/t4-,5-,6+,7-,8+,9-,10-,11+,12-,13+/m1/s1. The highest BCUT2D eigenvalue weighted by Crippen LogP contribution is 2.29. The minimum absolute atomic E-state index is 0.581. The van der Waals surface area contributed by atoms with Gasteiger partial charge < -0.3 is 54.7 Å². The third-order valence-electron chi connectivity index (χ3n) is 4.19. The molecule has 0 aromatic carbocycles. The lowest BCUT2D eigenvalue weighted by Crippen LogP contribution is -2.64. The Kier molecular flexibility index (Phi) is 6.87. The molecule has 0 radical (unpaired) electrons. The van der Waals surface area contributed by atoms with E-state index in [1.807, 2.05) is 0 Å². The zero-order valence-corrected chi connectivity index (χ0v) is 13.0. The lowest BCUT2D eigenvalue weighted by atomic mass is 9.97. The van der Waals surface area contributed by atoms with Crippen molar-refractivity contribution >= 4 is 0 Å². The summed E-state index contributed by atoms with van der Waals surface area (Å²) < 4.78 is 20.6. The van der Waals surface area contributed by atoms with E-state index in [1.54, 1.807) is 0 Å². The molecule has 0 aliphatic carbocycles. The molecule has 0 aromatic heterocycles. The fraction of sp³-hybridized carbons (Fsp3) is 1.00. The first-order valence-corrected chi connectivity index (χ1v) is 7.46. The summed E-state index contributed by atoms with van der Waals surface area (Å²) in [7, 11) is 1.24. The van der Waals surface area contributed by atoms with Gasteiger partial charge >= 0.3 is 0 Å². The molecule has 11 nitrogen and oxygen atoms in total. The van der Waals surface area contributed by atoms with Crippen LogP contribution >= 0.6 is 0 Å². The Morgan fingerprint density at radius 1 is 0.708 bits per heavy atom. The summed E-state index contributed by atoms with van der Waals surface area (Å²) in [5, 5.41) is 68.1. The van der Waals surface area contributed by atoms with Crippen molar-refractivity contribution in [3.05, 3.63) is 0 Å². The van der Waals surface area contributed by atoms with Crippen LogP contribution in [0.5, 0.6) is 0 Å². The van der Waals surface area contributed by atoms with E-state index in [-0.39, 0.29) is 0 Å². The van der Waals surface area contributed by atoms with Crippen LogP contribution in [0.2, 0.25) is 0 Å². The van der Waals surface area contributed by atoms with Crippen LogP contribution in [-0.2, 0) is 18.9 Å². The fourth-order valence-electron chi connectivity index (χ4n) is 2.74. The Labute approximate surface area is 137 Å². The highest BCUT2D eigenvalue weighted by atomic mass is 16.7. The monoisotopic (exact) mass is 356 g/mol. The number of rotatable bonds is 5. The molecular weight excluding hydrogens is 332 g/mol. The van der Waals surface area contributed by atoms with Gasteiger partial charge in [-0.2, -0.15) is 0 Å². The molecule has 2 saturated heterocycles. The maximum atomic E-state index is 10.2. The molecule has 2 fully saturated rings. The zero-order chi connectivity index (χ0) is 18.0. The maximum Gasteiger partial charge on any atom is 0.187 e. The molecule has 2 aliphatic rings. The van der Waals surface area contributed by atoms with Crippen LogP contribution in [-0.4, -0.2) is 117 Å². The van der Waals surface area contributed by atoms with E-state index < -0.39 is 74.6 Å². The van der Waals surface area contributed by atoms with Crippen molar-refractivity contribution in [1.29, 1.82) is 0 Å². The Bertz CT molecular complexity index is 378. The highest BCUT2D eigenvalue weighted by molar-refractivity contribution is 4.93. The van der Waals surface area contributed by atoms with Crippen molar-refractivity contribution in [2.75, 3.05) is 20.3 Å². The van der Waals surface area contributed by atoms with E-state index in [9.17, 15) is 30.6 Å². The molecule has 142 valence electrons. The van der Waals surface area contributed by atoms with Crippen LogP contribution in [0.15, 0.2) is 0 Å². The predicted octanol–water partition coefficient (Wildman–Crippen LogP) is -4.74. The fourth-order valence-corrected chi connectivity index (χ4v) is 2.74. The molecule has 10 atom stereocenters. The van der Waals surface area contributed by atoms with Gasteiger partial charge in [0.25, 0.3) is 0 Å². The van der Waals surface area contributed by atoms with E-state index in [0.29, 0.717) is 0 Å². The van der Waals surface area contributed by atoms with E-state index in [0.717, 1.165) is 0 Å². The summed E-state index contributed by atoms with van der Waals surface area (Å²) >= 11 is 0. The third-order valence-corrected chi connectivity index (χ3v) is 4.19. The first-order valence-electron chi connectivity index (χ1n) is 7.46. The summed E-state index contributed by atoms with van der Waals surface area (Å²) in [4.78, 5) is 0. The molecule has 0 saturated carbocycles. The van der Waals surface area contributed by atoms with E-state index in [2.05, 4.69) is 0 Å². The Morgan fingerprint density at radius 2 is 1.25 bits per heavy atom. The topological polar surface area (TPSA) is 179 Å². The smallest absolute Gasteiger partial charge is 0.187 e. The van der Waals surface area contributed by atoms with Gasteiger partial charge in [-0.3, -0.25) is 0 Å². The van der Waals surface area contributed by atoms with Gasteiger partial charge in [0.15, 0.2) is 12.6 Å². The van der Waals surface area contributed by atoms with Crippen molar-refractivity contribution in [2.45, 2.75) is 61.4 Å². The minimum Gasteiger partial charge on any atom is -0.394 e. The van der Waals surface area contributed by atoms with Gasteiger partial charge in [0, 0.05) is 7.11 Å². The largest absolute Gasteiger partial charge is 0.394 e. The van der Waals surface area contributed by atoms with Crippen LogP contribution in [0.4, 0.5) is 0 Å². The Morgan fingerprint density at radius 3 is 1.79 bits per heavy atom. The van der Waals surface area contributed by atoms with Gasteiger partial charge in [-0.15, -0.1) is 0 Å². The van der Waals surface area contributed by atoms with Crippen molar-refractivity contribution in [1.82, 2.24) is 0 Å². The van der Waals surface area contributed by atoms with Crippen LogP contribution in [0.1, 0.15) is 0 Å². The predicted molar refractivity (Wildman–Crippen MR) is 73.4 cm³/mol. The lowest BCUT2D eigenvalue weighted by molar-refractivity contribution is -0.358. The molecule has 7 N–H and O–H groups in total. The number of methoxy groups -OCH3 is 1. The van der Waals surface area contributed by atoms with Crippen LogP contribution in [0.3, 0.4) is 0 Å². The maximum absolute atomic E-state index is 10.2. The van der Waals surface area contributed by atoms with Gasteiger partial charge in [0.05, 0.1) is 13.2 Å². The Balaban J connectivity index is 2.14. The van der Waals surface area contributed by atoms with Gasteiger partial charge in [-0.05, 0) is 0 Å². The molecule has 0 spiro atoms. The van der Waals surface area contributed by atoms with Crippen molar-refractivity contribution in [2.24, 2.45) is 0 Å². The SMILES string of the molecule is CO[C@@H]1O[C@H](CO)[C@@H](O)[C@H](O[C@@H]2O[C@H](CO)[C@H](O)[C@H](O)[C@H]2O)[C@H]1O. The van der Waals surface area contributed by atoms with Crippen LogP contribution in [0.25, 0.3) is 0 Å². The number of aliphatic hydroxyl groups excluding tert-OH is 7. The molecule has 2 aliphatic heterocycles. The molecule has 2 rings (SSSR count). The third kappa shape index (κ3) is 3.71. The van der Waals surface area contributed by atoms with Crippen molar-refractivity contribution < 1.29 is 54.7 Å². The molecule has 11 heteroatoms. The van der Waals surface area contributed by atoms with Crippen molar-refractivity contribution in [3.8, 4) is 0 Å². The number of hydrogen-bond acceptors (Lipinski definition) is 11. The highest BCUT2D eigenvalue weighted by Gasteiger charge is 2.50. The summed E-state index contributed by atoms with van der Waals surface area (Å²) in [5.41, 5.74) is 0. The molecule has 2 heterocycles. The van der Waals surface area contributed by atoms with E-state index >= 15 is 0 Å². The number of hydrogen-bond donors (Lipinski definition) is 7. The second-order valence-electron chi connectivity index (χ2n) is 5.74.